The van der Waals surface area contributed by atoms with Crippen molar-refractivity contribution in [3.05, 3.63) is 0 Å². The number of nitrogens with zero attached hydrogens (tertiary/aromatic N) is 3. The number of likely N-dealkylation sites (tertiary alicyclic amines) is 1. The Bertz CT molecular complexity index is 377. The number of piperazine rings is 1. The van der Waals surface area contributed by atoms with Crippen molar-refractivity contribution in [3.8, 4) is 0 Å². The molecule has 132 valence electrons. The highest BCUT2D eigenvalue weighted by Crippen LogP contribution is 2.41. The molecule has 0 amide bonds. The first kappa shape index (κ1) is 16.3. The van der Waals surface area contributed by atoms with Crippen LogP contribution in [0.25, 0.3) is 0 Å². The van der Waals surface area contributed by atoms with Crippen molar-refractivity contribution < 1.29 is 4.74 Å². The molecule has 0 aromatic carbocycles. The highest BCUT2D eigenvalue weighted by molar-refractivity contribution is 4.93. The van der Waals surface area contributed by atoms with Crippen LogP contribution in [0.15, 0.2) is 0 Å². The maximum Gasteiger partial charge on any atom is 0.0507 e. The monoisotopic (exact) mass is 321 g/mol. The van der Waals surface area contributed by atoms with Crippen molar-refractivity contribution in [3.63, 3.8) is 0 Å². The van der Waals surface area contributed by atoms with Crippen LogP contribution in [0.3, 0.4) is 0 Å². The van der Waals surface area contributed by atoms with Gasteiger partial charge < -0.3 is 19.4 Å². The largest absolute Gasteiger partial charge is 0.381 e. The van der Waals surface area contributed by atoms with Gasteiger partial charge in [-0.1, -0.05) is 6.42 Å². The fourth-order valence-electron chi connectivity index (χ4n) is 5.51. The van der Waals surface area contributed by atoms with E-state index in [2.05, 4.69) is 21.7 Å². The lowest BCUT2D eigenvalue weighted by Gasteiger charge is -2.39. The number of hydrogen-bond acceptors (Lipinski definition) is 4. The average molecular weight is 322 g/mol. The Balaban J connectivity index is 1.30. The zero-order chi connectivity index (χ0) is 15.6. The molecule has 1 aliphatic carbocycles. The van der Waals surface area contributed by atoms with Crippen molar-refractivity contribution in [2.24, 2.45) is 23.7 Å². The second-order valence-corrected chi connectivity index (χ2v) is 8.67. The lowest BCUT2D eigenvalue weighted by molar-refractivity contribution is 0.0935. The summed E-state index contributed by atoms with van der Waals surface area (Å²) in [6.45, 7) is 12.5. The van der Waals surface area contributed by atoms with Gasteiger partial charge >= 0.3 is 0 Å². The van der Waals surface area contributed by atoms with Crippen LogP contribution in [0.1, 0.15) is 25.7 Å². The molecule has 4 fully saturated rings. The number of ether oxygens (including phenoxy) is 1. The van der Waals surface area contributed by atoms with Gasteiger partial charge in [-0.25, -0.2) is 0 Å². The summed E-state index contributed by atoms with van der Waals surface area (Å²) in [6.07, 6.45) is 5.73. The summed E-state index contributed by atoms with van der Waals surface area (Å²) in [4.78, 5) is 8.01. The summed E-state index contributed by atoms with van der Waals surface area (Å²) in [5.74, 6) is 3.74. The minimum Gasteiger partial charge on any atom is -0.381 e. The molecule has 3 aliphatic heterocycles. The summed E-state index contributed by atoms with van der Waals surface area (Å²) in [5, 5.41) is 0. The van der Waals surface area contributed by atoms with Crippen molar-refractivity contribution in [2.45, 2.75) is 25.7 Å². The Morgan fingerprint density at radius 3 is 2.57 bits per heavy atom. The van der Waals surface area contributed by atoms with Crippen LogP contribution in [0.5, 0.6) is 0 Å². The lowest BCUT2D eigenvalue weighted by Crippen LogP contribution is -2.47. The number of hydrogen-bond donors (Lipinski definition) is 0. The molecule has 1 saturated carbocycles. The van der Waals surface area contributed by atoms with Crippen LogP contribution in [0.4, 0.5) is 0 Å². The molecule has 0 radical (unpaired) electrons. The molecule has 3 heterocycles. The van der Waals surface area contributed by atoms with E-state index in [0.29, 0.717) is 0 Å². The predicted octanol–water partition coefficient (Wildman–Crippen LogP) is 1.62. The van der Waals surface area contributed by atoms with Crippen molar-refractivity contribution in [1.29, 1.82) is 0 Å². The Kier molecular flexibility index (Phi) is 5.24. The molecular weight excluding hydrogens is 286 g/mol. The predicted molar refractivity (Wildman–Crippen MR) is 93.6 cm³/mol. The third kappa shape index (κ3) is 3.92. The quantitative estimate of drug-likeness (QED) is 0.783. The third-order valence-corrected chi connectivity index (χ3v) is 6.95. The van der Waals surface area contributed by atoms with Gasteiger partial charge in [-0.2, -0.15) is 0 Å². The molecule has 3 saturated heterocycles. The van der Waals surface area contributed by atoms with E-state index in [0.717, 1.165) is 36.9 Å². The van der Waals surface area contributed by atoms with Crippen LogP contribution in [0.2, 0.25) is 0 Å². The second-order valence-electron chi connectivity index (χ2n) is 8.67. The summed E-state index contributed by atoms with van der Waals surface area (Å²) in [7, 11) is 2.26. The molecule has 0 spiro atoms. The summed E-state index contributed by atoms with van der Waals surface area (Å²) in [5.41, 5.74) is 0. The maximum atomic E-state index is 5.58. The van der Waals surface area contributed by atoms with Crippen molar-refractivity contribution in [2.75, 3.05) is 72.6 Å². The van der Waals surface area contributed by atoms with Gasteiger partial charge in [-0.3, -0.25) is 0 Å². The minimum atomic E-state index is 0.811. The Morgan fingerprint density at radius 2 is 1.78 bits per heavy atom. The average Bonchev–Trinajstić information content (AvgIpc) is 3.19. The Hall–Kier alpha value is -0.160. The van der Waals surface area contributed by atoms with Crippen LogP contribution in [-0.4, -0.2) is 87.3 Å². The Labute approximate surface area is 142 Å². The SMILES string of the molecule is CN1CCN(C[C@@H]2CCC[C@@H]3CN(CC4CCOC4)C[C@@H]32)CC1. The number of rotatable bonds is 4. The van der Waals surface area contributed by atoms with E-state index in [1.165, 1.54) is 78.0 Å². The van der Waals surface area contributed by atoms with Gasteiger partial charge in [0.05, 0.1) is 6.61 Å². The zero-order valence-corrected chi connectivity index (χ0v) is 15.0. The second kappa shape index (κ2) is 7.38. The van der Waals surface area contributed by atoms with E-state index >= 15 is 0 Å². The molecule has 4 aliphatic rings. The molecule has 0 bridgehead atoms. The van der Waals surface area contributed by atoms with Crippen LogP contribution >= 0.6 is 0 Å². The number of likely N-dealkylation sites (N-methyl/N-ethyl adjacent to an activating group) is 1. The van der Waals surface area contributed by atoms with Gasteiger partial charge in [0.25, 0.3) is 0 Å². The van der Waals surface area contributed by atoms with E-state index in [1.807, 2.05) is 0 Å². The van der Waals surface area contributed by atoms with Crippen LogP contribution < -0.4 is 0 Å². The standard InChI is InChI=1S/C19H35N3O/c1-20-6-8-21(9-7-20)12-17-3-2-4-18-13-22(14-19(17)18)11-16-5-10-23-15-16/h16-19H,2-15H2,1H3/t16?,17-,18+,19+/m0/s1. The first-order chi connectivity index (χ1) is 11.3. The highest BCUT2D eigenvalue weighted by atomic mass is 16.5. The van der Waals surface area contributed by atoms with Crippen molar-refractivity contribution in [1.82, 2.24) is 14.7 Å². The first-order valence-corrected chi connectivity index (χ1v) is 9.99. The van der Waals surface area contributed by atoms with Gasteiger partial charge in [-0.15, -0.1) is 0 Å². The first-order valence-electron chi connectivity index (χ1n) is 9.99. The van der Waals surface area contributed by atoms with Crippen LogP contribution in [-0.2, 0) is 4.74 Å². The third-order valence-electron chi connectivity index (χ3n) is 6.95. The van der Waals surface area contributed by atoms with E-state index in [-0.39, 0.29) is 0 Å². The summed E-state index contributed by atoms with van der Waals surface area (Å²) < 4.78 is 5.58. The van der Waals surface area contributed by atoms with Gasteiger partial charge in [0.15, 0.2) is 0 Å². The fourth-order valence-corrected chi connectivity index (χ4v) is 5.51. The molecule has 0 N–H and O–H groups in total. The lowest BCUT2D eigenvalue weighted by atomic mass is 9.73. The topological polar surface area (TPSA) is 19.0 Å². The maximum absolute atomic E-state index is 5.58. The van der Waals surface area contributed by atoms with Crippen molar-refractivity contribution >= 4 is 0 Å². The van der Waals surface area contributed by atoms with Gasteiger partial charge in [0, 0.05) is 59.0 Å². The Morgan fingerprint density at radius 1 is 0.913 bits per heavy atom. The highest BCUT2D eigenvalue weighted by Gasteiger charge is 2.41. The van der Waals surface area contributed by atoms with E-state index in [4.69, 9.17) is 4.74 Å². The van der Waals surface area contributed by atoms with Gasteiger partial charge in [0.1, 0.15) is 0 Å². The molecule has 0 aromatic heterocycles. The summed E-state index contributed by atoms with van der Waals surface area (Å²) >= 11 is 0. The fraction of sp³-hybridized carbons (Fsp3) is 1.00. The van der Waals surface area contributed by atoms with E-state index < -0.39 is 0 Å². The molecule has 0 aromatic rings. The van der Waals surface area contributed by atoms with Crippen LogP contribution in [0, 0.1) is 23.7 Å². The molecule has 4 rings (SSSR count). The number of fused-ring (bicyclic) bond motifs is 1. The molecular formula is C19H35N3O. The molecule has 23 heavy (non-hydrogen) atoms. The smallest absolute Gasteiger partial charge is 0.0507 e. The van der Waals surface area contributed by atoms with E-state index in [9.17, 15) is 0 Å². The minimum absolute atomic E-state index is 0.811. The zero-order valence-electron chi connectivity index (χ0n) is 15.0. The molecule has 1 unspecified atom stereocenters. The van der Waals surface area contributed by atoms with Gasteiger partial charge in [-0.05, 0) is 50.0 Å². The van der Waals surface area contributed by atoms with E-state index in [1.54, 1.807) is 0 Å². The molecule has 4 atom stereocenters. The van der Waals surface area contributed by atoms with Gasteiger partial charge in [0.2, 0.25) is 0 Å². The molecule has 4 heteroatoms. The molecule has 4 nitrogen and oxygen atoms in total. The normalized spacial score (nSPS) is 40.6. The summed E-state index contributed by atoms with van der Waals surface area (Å²) in [6, 6.07) is 0.